The van der Waals surface area contributed by atoms with Crippen molar-refractivity contribution in [2.45, 2.75) is 45.1 Å². The summed E-state index contributed by atoms with van der Waals surface area (Å²) in [5.74, 6) is 3.25. The van der Waals surface area contributed by atoms with E-state index in [0.717, 1.165) is 23.8 Å². The van der Waals surface area contributed by atoms with Crippen molar-refractivity contribution < 1.29 is 0 Å². The van der Waals surface area contributed by atoms with Crippen LogP contribution in [0.4, 0.5) is 0 Å². The smallest absolute Gasteiger partial charge is 0.0345 e. The molecule has 92 valence electrons. The van der Waals surface area contributed by atoms with Crippen molar-refractivity contribution in [2.75, 3.05) is 26.2 Å². The first-order valence-electron chi connectivity index (χ1n) is 7.31. The van der Waals surface area contributed by atoms with E-state index in [4.69, 9.17) is 0 Å². The van der Waals surface area contributed by atoms with Gasteiger partial charge in [0.1, 0.15) is 0 Å². The average Bonchev–Trinajstić information content (AvgIpc) is 2.76. The van der Waals surface area contributed by atoms with E-state index in [1.54, 1.807) is 19.3 Å². The summed E-state index contributed by atoms with van der Waals surface area (Å²) in [6.45, 7) is 7.52. The van der Waals surface area contributed by atoms with Gasteiger partial charge in [0.25, 0.3) is 0 Å². The predicted molar refractivity (Wildman–Crippen MR) is 67.5 cm³/mol. The Labute approximate surface area is 99.8 Å². The lowest BCUT2D eigenvalue weighted by molar-refractivity contribution is 0.107. The van der Waals surface area contributed by atoms with E-state index in [-0.39, 0.29) is 0 Å². The molecule has 2 heteroatoms. The normalized spacial score (nSPS) is 38.2. The Morgan fingerprint density at radius 1 is 1.19 bits per heavy atom. The topological polar surface area (TPSA) is 15.3 Å². The second-order valence-corrected chi connectivity index (χ2v) is 6.24. The molecule has 1 N–H and O–H groups in total. The molecule has 3 fully saturated rings. The van der Waals surface area contributed by atoms with E-state index in [2.05, 4.69) is 17.1 Å². The number of fused-ring (bicyclic) bond motifs is 2. The Morgan fingerprint density at radius 3 is 2.56 bits per heavy atom. The largest absolute Gasteiger partial charge is 0.314 e. The van der Waals surface area contributed by atoms with Crippen molar-refractivity contribution in [3.8, 4) is 0 Å². The number of nitrogens with zero attached hydrogens (tertiary/aromatic N) is 1. The van der Waals surface area contributed by atoms with Crippen molar-refractivity contribution in [1.29, 1.82) is 0 Å². The van der Waals surface area contributed by atoms with Crippen LogP contribution < -0.4 is 5.32 Å². The number of rotatable bonds is 5. The van der Waals surface area contributed by atoms with Crippen LogP contribution in [0, 0.1) is 17.8 Å². The van der Waals surface area contributed by atoms with E-state index in [1.807, 2.05) is 0 Å². The van der Waals surface area contributed by atoms with Crippen LogP contribution in [0.25, 0.3) is 0 Å². The second kappa shape index (κ2) is 4.66. The minimum absolute atomic E-state index is 0.860. The van der Waals surface area contributed by atoms with Gasteiger partial charge in [-0.25, -0.2) is 0 Å². The van der Waals surface area contributed by atoms with Crippen LogP contribution in [0.3, 0.4) is 0 Å². The molecule has 16 heavy (non-hydrogen) atoms. The van der Waals surface area contributed by atoms with Gasteiger partial charge >= 0.3 is 0 Å². The van der Waals surface area contributed by atoms with E-state index in [9.17, 15) is 0 Å². The molecule has 0 aromatic heterocycles. The van der Waals surface area contributed by atoms with Gasteiger partial charge < -0.3 is 5.32 Å². The van der Waals surface area contributed by atoms with Gasteiger partial charge in [0.15, 0.2) is 0 Å². The van der Waals surface area contributed by atoms with Gasteiger partial charge in [0, 0.05) is 25.7 Å². The third-order valence-electron chi connectivity index (χ3n) is 5.14. The van der Waals surface area contributed by atoms with Gasteiger partial charge in [-0.2, -0.15) is 0 Å². The van der Waals surface area contributed by atoms with Gasteiger partial charge in [-0.05, 0) is 50.0 Å². The maximum Gasteiger partial charge on any atom is 0.0345 e. The highest BCUT2D eigenvalue weighted by molar-refractivity contribution is 4.93. The molecule has 3 atom stereocenters. The number of hydrogen-bond acceptors (Lipinski definition) is 2. The standard InChI is InChI=1S/C14H26N2/c1-2-5-16(14-8-15-9-14)10-13-7-11-3-4-12(13)6-11/h11-15H,2-10H2,1H3. The minimum atomic E-state index is 0.860. The Bertz CT molecular complexity index is 237. The molecule has 3 aliphatic rings. The molecule has 0 spiro atoms. The van der Waals surface area contributed by atoms with Crippen LogP contribution in [-0.4, -0.2) is 37.1 Å². The van der Waals surface area contributed by atoms with E-state index < -0.39 is 0 Å². The molecule has 1 saturated heterocycles. The highest BCUT2D eigenvalue weighted by Crippen LogP contribution is 2.48. The molecule has 1 aliphatic heterocycles. The molecule has 3 unspecified atom stereocenters. The van der Waals surface area contributed by atoms with Gasteiger partial charge in [0.05, 0.1) is 0 Å². The average molecular weight is 222 g/mol. The highest BCUT2D eigenvalue weighted by atomic mass is 15.2. The van der Waals surface area contributed by atoms with E-state index in [1.165, 1.54) is 39.0 Å². The summed E-state index contributed by atoms with van der Waals surface area (Å²) in [4.78, 5) is 2.78. The Kier molecular flexibility index (Phi) is 3.21. The van der Waals surface area contributed by atoms with Crippen molar-refractivity contribution in [3.05, 3.63) is 0 Å². The summed E-state index contributed by atoms with van der Waals surface area (Å²) in [6.07, 6.45) is 7.51. The van der Waals surface area contributed by atoms with Gasteiger partial charge in [-0.1, -0.05) is 13.3 Å². The first-order chi connectivity index (χ1) is 7.86. The van der Waals surface area contributed by atoms with Crippen LogP contribution in [0.15, 0.2) is 0 Å². The fourth-order valence-corrected chi connectivity index (χ4v) is 4.14. The Morgan fingerprint density at radius 2 is 2.06 bits per heavy atom. The molecule has 1 heterocycles. The van der Waals surface area contributed by atoms with Crippen LogP contribution >= 0.6 is 0 Å². The molecule has 2 aliphatic carbocycles. The fourth-order valence-electron chi connectivity index (χ4n) is 4.14. The first kappa shape index (κ1) is 11.0. The molecule has 0 radical (unpaired) electrons. The Balaban J connectivity index is 1.54. The third-order valence-corrected chi connectivity index (χ3v) is 5.14. The molecule has 2 bridgehead atoms. The van der Waals surface area contributed by atoms with Crippen molar-refractivity contribution in [3.63, 3.8) is 0 Å². The van der Waals surface area contributed by atoms with Gasteiger partial charge in [-0.15, -0.1) is 0 Å². The van der Waals surface area contributed by atoms with E-state index in [0.29, 0.717) is 0 Å². The number of nitrogens with one attached hydrogen (secondary N) is 1. The molecular weight excluding hydrogens is 196 g/mol. The van der Waals surface area contributed by atoms with Crippen LogP contribution in [0.2, 0.25) is 0 Å². The molecular formula is C14H26N2. The summed E-state index contributed by atoms with van der Waals surface area (Å²) < 4.78 is 0. The van der Waals surface area contributed by atoms with E-state index >= 15 is 0 Å². The van der Waals surface area contributed by atoms with Crippen molar-refractivity contribution >= 4 is 0 Å². The molecule has 3 rings (SSSR count). The van der Waals surface area contributed by atoms with Crippen LogP contribution in [-0.2, 0) is 0 Å². The summed E-state index contributed by atoms with van der Waals surface area (Å²) in [5.41, 5.74) is 0. The van der Waals surface area contributed by atoms with Crippen molar-refractivity contribution in [2.24, 2.45) is 17.8 Å². The quantitative estimate of drug-likeness (QED) is 0.766. The van der Waals surface area contributed by atoms with Crippen LogP contribution in [0.1, 0.15) is 39.0 Å². The minimum Gasteiger partial charge on any atom is -0.314 e. The maximum atomic E-state index is 3.42. The zero-order valence-corrected chi connectivity index (χ0v) is 10.6. The highest BCUT2D eigenvalue weighted by Gasteiger charge is 2.40. The molecule has 2 saturated carbocycles. The lowest BCUT2D eigenvalue weighted by Gasteiger charge is -2.40. The zero-order chi connectivity index (χ0) is 11.0. The molecule has 0 aromatic carbocycles. The molecule has 0 aromatic rings. The Hall–Kier alpha value is -0.0800. The molecule has 0 amide bonds. The van der Waals surface area contributed by atoms with Gasteiger partial charge in [0.2, 0.25) is 0 Å². The number of hydrogen-bond donors (Lipinski definition) is 1. The van der Waals surface area contributed by atoms with Crippen LogP contribution in [0.5, 0.6) is 0 Å². The fraction of sp³-hybridized carbons (Fsp3) is 1.00. The SMILES string of the molecule is CCCN(CC1CC2CCC1C2)C1CNC1. The zero-order valence-electron chi connectivity index (χ0n) is 10.6. The lowest BCUT2D eigenvalue weighted by Crippen LogP contribution is -2.58. The monoisotopic (exact) mass is 222 g/mol. The maximum absolute atomic E-state index is 3.42. The summed E-state index contributed by atoms with van der Waals surface area (Å²) in [7, 11) is 0. The first-order valence-corrected chi connectivity index (χ1v) is 7.31. The second-order valence-electron chi connectivity index (χ2n) is 6.24. The van der Waals surface area contributed by atoms with Crippen molar-refractivity contribution in [1.82, 2.24) is 10.2 Å². The third kappa shape index (κ3) is 2.02. The summed E-state index contributed by atoms with van der Waals surface area (Å²) in [5, 5.41) is 3.42. The lowest BCUT2D eigenvalue weighted by atomic mass is 9.88. The molecule has 2 nitrogen and oxygen atoms in total. The summed E-state index contributed by atoms with van der Waals surface area (Å²) >= 11 is 0. The van der Waals surface area contributed by atoms with Gasteiger partial charge in [-0.3, -0.25) is 4.90 Å². The predicted octanol–water partition coefficient (Wildman–Crippen LogP) is 2.11. The summed E-state index contributed by atoms with van der Waals surface area (Å²) in [6, 6.07) is 0.860.